The Bertz CT molecular complexity index is 1020. The molecule has 0 saturated heterocycles. The average Bonchev–Trinajstić information content (AvgIpc) is 2.81. The van der Waals surface area contributed by atoms with Crippen LogP contribution in [0.15, 0.2) is 48.6 Å². The SMILES string of the molecule is C=CCCCCOC(=O)c1cc(C(=O)O)cc(C2=CC(C(=O)OCCC)=C[C@H](C(=O)O)C2C)c1. The van der Waals surface area contributed by atoms with E-state index in [1.54, 1.807) is 13.0 Å². The Morgan fingerprint density at radius 1 is 1.00 bits per heavy atom. The molecule has 1 aliphatic carbocycles. The van der Waals surface area contributed by atoms with Crippen molar-refractivity contribution < 1.29 is 38.9 Å². The highest BCUT2D eigenvalue weighted by molar-refractivity contribution is 5.99. The lowest BCUT2D eigenvalue weighted by Crippen LogP contribution is -2.26. The molecule has 0 aliphatic heterocycles. The number of carbonyl (C=O) groups excluding carboxylic acids is 2. The van der Waals surface area contributed by atoms with Gasteiger partial charge in [-0.2, -0.15) is 0 Å². The van der Waals surface area contributed by atoms with Crippen molar-refractivity contribution in [1.29, 1.82) is 0 Å². The molecule has 0 amide bonds. The maximum Gasteiger partial charge on any atom is 0.338 e. The van der Waals surface area contributed by atoms with Crippen molar-refractivity contribution >= 4 is 29.5 Å². The molecule has 0 aromatic heterocycles. The van der Waals surface area contributed by atoms with Crippen LogP contribution in [0.5, 0.6) is 0 Å². The van der Waals surface area contributed by atoms with E-state index in [1.165, 1.54) is 30.4 Å². The van der Waals surface area contributed by atoms with Crippen LogP contribution in [0.3, 0.4) is 0 Å². The van der Waals surface area contributed by atoms with E-state index in [0.29, 0.717) is 24.0 Å². The highest BCUT2D eigenvalue weighted by Gasteiger charge is 2.32. The van der Waals surface area contributed by atoms with Crippen molar-refractivity contribution in [2.45, 2.75) is 39.5 Å². The lowest BCUT2D eigenvalue weighted by atomic mass is 9.77. The third kappa shape index (κ3) is 6.91. The molecule has 2 rings (SSSR count). The molecule has 0 spiro atoms. The summed E-state index contributed by atoms with van der Waals surface area (Å²) in [5, 5.41) is 19.3. The highest BCUT2D eigenvalue weighted by atomic mass is 16.5. The average molecular weight is 471 g/mol. The molecule has 0 radical (unpaired) electrons. The maximum atomic E-state index is 12.6. The molecule has 0 heterocycles. The minimum absolute atomic E-state index is 0.0308. The number of carboxylic acids is 2. The van der Waals surface area contributed by atoms with E-state index in [1.807, 2.05) is 6.92 Å². The van der Waals surface area contributed by atoms with E-state index >= 15 is 0 Å². The summed E-state index contributed by atoms with van der Waals surface area (Å²) in [6.45, 7) is 7.50. The Labute approximate surface area is 198 Å². The fraction of sp³-hybridized carbons (Fsp3) is 0.385. The third-order valence-corrected chi connectivity index (χ3v) is 5.44. The number of benzene rings is 1. The molecule has 8 heteroatoms. The van der Waals surface area contributed by atoms with Crippen molar-refractivity contribution in [3.8, 4) is 0 Å². The summed E-state index contributed by atoms with van der Waals surface area (Å²) in [6.07, 6.45) is 7.45. The molecular formula is C26H30O8. The molecule has 34 heavy (non-hydrogen) atoms. The minimum atomic E-state index is -1.25. The minimum Gasteiger partial charge on any atom is -0.481 e. The Morgan fingerprint density at radius 2 is 1.68 bits per heavy atom. The number of rotatable bonds is 12. The number of carbonyl (C=O) groups is 4. The van der Waals surface area contributed by atoms with Gasteiger partial charge in [0.1, 0.15) is 0 Å². The molecule has 0 saturated carbocycles. The molecule has 0 bridgehead atoms. The fourth-order valence-electron chi connectivity index (χ4n) is 3.59. The van der Waals surface area contributed by atoms with Crippen LogP contribution >= 0.6 is 0 Å². The topological polar surface area (TPSA) is 127 Å². The molecule has 1 aliphatic rings. The first-order chi connectivity index (χ1) is 16.2. The molecule has 0 fully saturated rings. The Balaban J connectivity index is 2.44. The van der Waals surface area contributed by atoms with Crippen LogP contribution in [-0.4, -0.2) is 47.3 Å². The normalized spacial score (nSPS) is 17.2. The number of ether oxygens (including phenoxy) is 2. The van der Waals surface area contributed by atoms with Gasteiger partial charge in [-0.05, 0) is 67.0 Å². The van der Waals surface area contributed by atoms with Crippen LogP contribution in [0.25, 0.3) is 5.57 Å². The quantitative estimate of drug-likeness (QED) is 0.259. The Morgan fingerprint density at radius 3 is 2.29 bits per heavy atom. The molecule has 182 valence electrons. The second kappa shape index (κ2) is 12.5. The zero-order chi connectivity index (χ0) is 25.3. The lowest BCUT2D eigenvalue weighted by Gasteiger charge is -2.26. The smallest absolute Gasteiger partial charge is 0.338 e. The van der Waals surface area contributed by atoms with Gasteiger partial charge in [0.2, 0.25) is 0 Å². The van der Waals surface area contributed by atoms with E-state index in [2.05, 4.69) is 6.58 Å². The molecule has 2 N–H and O–H groups in total. The van der Waals surface area contributed by atoms with Crippen LogP contribution in [0, 0.1) is 11.8 Å². The number of allylic oxidation sites excluding steroid dienone is 2. The highest BCUT2D eigenvalue weighted by Crippen LogP contribution is 2.37. The van der Waals surface area contributed by atoms with Crippen LogP contribution < -0.4 is 0 Å². The first kappa shape index (κ1) is 26.6. The number of aromatic carboxylic acids is 1. The van der Waals surface area contributed by atoms with E-state index in [0.717, 1.165) is 12.8 Å². The van der Waals surface area contributed by atoms with Gasteiger partial charge in [0.25, 0.3) is 0 Å². The third-order valence-electron chi connectivity index (χ3n) is 5.44. The maximum absolute atomic E-state index is 12.6. The monoisotopic (exact) mass is 470 g/mol. The van der Waals surface area contributed by atoms with Crippen molar-refractivity contribution in [1.82, 2.24) is 0 Å². The standard InChI is InChI=1S/C26H30O8/c1-4-6-7-8-10-34-25(31)19-12-17(11-18(13-19)23(27)28)21-14-20(26(32)33-9-5-2)15-22(16(21)3)24(29)30/h4,11-16,22H,1,5-10H2,2-3H3,(H,27,28)(H,29,30)/t16?,22-/m0/s1. The van der Waals surface area contributed by atoms with Crippen molar-refractivity contribution in [2.24, 2.45) is 11.8 Å². The van der Waals surface area contributed by atoms with Gasteiger partial charge in [0.15, 0.2) is 0 Å². The second-order valence-corrected chi connectivity index (χ2v) is 8.03. The van der Waals surface area contributed by atoms with Gasteiger partial charge < -0.3 is 19.7 Å². The molecule has 1 aromatic rings. The first-order valence-corrected chi connectivity index (χ1v) is 11.2. The van der Waals surface area contributed by atoms with Crippen LogP contribution in [0.1, 0.15) is 65.8 Å². The number of hydrogen-bond donors (Lipinski definition) is 2. The van der Waals surface area contributed by atoms with Gasteiger partial charge in [-0.15, -0.1) is 6.58 Å². The van der Waals surface area contributed by atoms with Crippen molar-refractivity contribution in [3.63, 3.8) is 0 Å². The van der Waals surface area contributed by atoms with Gasteiger partial charge in [0, 0.05) is 0 Å². The molecule has 8 nitrogen and oxygen atoms in total. The van der Waals surface area contributed by atoms with Gasteiger partial charge in [0.05, 0.1) is 35.8 Å². The Kier molecular flexibility index (Phi) is 9.79. The Hall–Kier alpha value is -3.68. The number of hydrogen-bond acceptors (Lipinski definition) is 6. The summed E-state index contributed by atoms with van der Waals surface area (Å²) >= 11 is 0. The number of unbranched alkanes of at least 4 members (excludes halogenated alkanes) is 2. The number of carboxylic acid groups (broad SMARTS) is 2. The van der Waals surface area contributed by atoms with E-state index in [-0.39, 0.29) is 29.9 Å². The van der Waals surface area contributed by atoms with Crippen LogP contribution in [-0.2, 0) is 19.1 Å². The molecule has 2 atom stereocenters. The summed E-state index contributed by atoms with van der Waals surface area (Å²) in [5.74, 6) is -5.35. The fourth-order valence-corrected chi connectivity index (χ4v) is 3.59. The predicted octanol–water partition coefficient (Wildman–Crippen LogP) is 4.51. The van der Waals surface area contributed by atoms with Crippen LogP contribution in [0.4, 0.5) is 0 Å². The summed E-state index contributed by atoms with van der Waals surface area (Å²) in [5.41, 5.74) is 0.692. The lowest BCUT2D eigenvalue weighted by molar-refractivity contribution is -0.141. The summed E-state index contributed by atoms with van der Waals surface area (Å²) in [4.78, 5) is 48.6. The first-order valence-electron chi connectivity index (χ1n) is 11.2. The van der Waals surface area contributed by atoms with Crippen LogP contribution in [0.2, 0.25) is 0 Å². The summed E-state index contributed by atoms with van der Waals surface area (Å²) in [6, 6.07) is 4.03. The van der Waals surface area contributed by atoms with Gasteiger partial charge in [-0.3, -0.25) is 4.79 Å². The zero-order valence-corrected chi connectivity index (χ0v) is 19.4. The van der Waals surface area contributed by atoms with E-state index in [4.69, 9.17) is 9.47 Å². The van der Waals surface area contributed by atoms with Gasteiger partial charge in [-0.1, -0.05) is 26.0 Å². The number of esters is 2. The van der Waals surface area contributed by atoms with Gasteiger partial charge >= 0.3 is 23.9 Å². The predicted molar refractivity (Wildman–Crippen MR) is 125 cm³/mol. The zero-order valence-electron chi connectivity index (χ0n) is 19.4. The second-order valence-electron chi connectivity index (χ2n) is 8.03. The summed E-state index contributed by atoms with van der Waals surface area (Å²) < 4.78 is 10.4. The molecule has 1 unspecified atom stereocenters. The van der Waals surface area contributed by atoms with E-state index < -0.39 is 35.7 Å². The van der Waals surface area contributed by atoms with Crippen molar-refractivity contribution in [2.75, 3.05) is 13.2 Å². The largest absolute Gasteiger partial charge is 0.481 e. The number of aliphatic carboxylic acids is 1. The molecular weight excluding hydrogens is 440 g/mol. The van der Waals surface area contributed by atoms with E-state index in [9.17, 15) is 29.4 Å². The van der Waals surface area contributed by atoms with Gasteiger partial charge in [-0.25, -0.2) is 14.4 Å². The van der Waals surface area contributed by atoms with Crippen molar-refractivity contribution in [3.05, 3.63) is 65.3 Å². The summed E-state index contributed by atoms with van der Waals surface area (Å²) in [7, 11) is 0. The molecule has 1 aromatic carbocycles.